The van der Waals surface area contributed by atoms with E-state index in [1.807, 2.05) is 20.8 Å². The van der Waals surface area contributed by atoms with Crippen LogP contribution in [0.4, 0.5) is 4.79 Å². The lowest BCUT2D eigenvalue weighted by Crippen LogP contribution is -2.52. The molecule has 114 valence electrons. The van der Waals surface area contributed by atoms with Crippen molar-refractivity contribution in [2.75, 3.05) is 19.7 Å². The second-order valence-corrected chi connectivity index (χ2v) is 5.68. The molecule has 0 unspecified atom stereocenters. The predicted molar refractivity (Wildman–Crippen MR) is 72.7 cm³/mol. The summed E-state index contributed by atoms with van der Waals surface area (Å²) in [5, 5.41) is 12.3. The van der Waals surface area contributed by atoms with Crippen LogP contribution in [0.2, 0.25) is 0 Å². The maximum Gasteiger partial charge on any atom is 0.410 e. The van der Waals surface area contributed by atoms with E-state index in [1.54, 1.807) is 0 Å². The van der Waals surface area contributed by atoms with Crippen LogP contribution in [0.3, 0.4) is 0 Å². The van der Waals surface area contributed by atoms with Crippen molar-refractivity contribution >= 4 is 17.8 Å². The zero-order chi connectivity index (χ0) is 15.2. The second kappa shape index (κ2) is 7.12. The smallest absolute Gasteiger partial charge is 0.410 e. The highest BCUT2D eigenvalue weighted by molar-refractivity contribution is 5.98. The van der Waals surface area contributed by atoms with Crippen molar-refractivity contribution in [3.63, 3.8) is 0 Å². The van der Waals surface area contributed by atoms with Crippen molar-refractivity contribution < 1.29 is 24.3 Å². The molecule has 1 aliphatic rings. The number of amides is 1. The molecule has 0 aromatic heterocycles. The fourth-order valence-electron chi connectivity index (χ4n) is 1.49. The van der Waals surface area contributed by atoms with Crippen molar-refractivity contribution in [3.05, 3.63) is 0 Å². The molecular formula is C13H22N2O5. The fraction of sp³-hybridized carbons (Fsp3) is 0.769. The monoisotopic (exact) mass is 286 g/mol. The molecule has 1 aliphatic heterocycles. The maximum absolute atomic E-state index is 11.6. The van der Waals surface area contributed by atoms with Crippen LogP contribution in [-0.4, -0.2) is 53.1 Å². The molecule has 1 N–H and O–H groups in total. The molecule has 1 amide bonds. The molecule has 0 spiro atoms. The predicted octanol–water partition coefficient (Wildman–Crippen LogP) is 1.86. The standard InChI is InChI=1S/C13H22N2O5/c1-13(2,3)20-12(18)15-8-10(9-15)14-19-7-5-4-6-11(16)17/h4-9H2,1-3H3,(H,16,17). The Morgan fingerprint density at radius 3 is 2.50 bits per heavy atom. The molecule has 0 aromatic rings. The largest absolute Gasteiger partial charge is 0.481 e. The van der Waals surface area contributed by atoms with Crippen molar-refractivity contribution in [2.24, 2.45) is 5.16 Å². The van der Waals surface area contributed by atoms with E-state index in [0.29, 0.717) is 32.5 Å². The quantitative estimate of drug-likeness (QED) is 0.594. The number of nitrogens with zero attached hydrogens (tertiary/aromatic N) is 2. The molecule has 1 rings (SSSR count). The van der Waals surface area contributed by atoms with Gasteiger partial charge in [-0.25, -0.2) is 4.79 Å². The number of likely N-dealkylation sites (tertiary alicyclic amines) is 1. The molecule has 7 nitrogen and oxygen atoms in total. The summed E-state index contributed by atoms with van der Waals surface area (Å²) in [6.07, 6.45) is 1.02. The van der Waals surface area contributed by atoms with Gasteiger partial charge in [0.2, 0.25) is 0 Å². The van der Waals surface area contributed by atoms with Crippen LogP contribution in [0.25, 0.3) is 0 Å². The molecule has 20 heavy (non-hydrogen) atoms. The summed E-state index contributed by atoms with van der Waals surface area (Å²) in [6, 6.07) is 0. The third-order valence-electron chi connectivity index (χ3n) is 2.47. The Bertz CT molecular complexity index is 379. The van der Waals surface area contributed by atoms with Gasteiger partial charge in [0, 0.05) is 6.42 Å². The zero-order valence-electron chi connectivity index (χ0n) is 12.2. The van der Waals surface area contributed by atoms with E-state index in [1.165, 1.54) is 4.90 Å². The first kappa shape index (κ1) is 16.3. The molecule has 0 aliphatic carbocycles. The maximum atomic E-state index is 11.6. The van der Waals surface area contributed by atoms with Crippen molar-refractivity contribution in [1.82, 2.24) is 4.90 Å². The molecule has 0 aromatic carbocycles. The number of carboxylic acids is 1. The van der Waals surface area contributed by atoms with Gasteiger partial charge in [-0.05, 0) is 33.6 Å². The summed E-state index contributed by atoms with van der Waals surface area (Å²) < 4.78 is 5.21. The number of ether oxygens (including phenoxy) is 1. The first-order valence-corrected chi connectivity index (χ1v) is 6.65. The van der Waals surface area contributed by atoms with Crippen LogP contribution >= 0.6 is 0 Å². The van der Waals surface area contributed by atoms with E-state index in [9.17, 15) is 9.59 Å². The third-order valence-corrected chi connectivity index (χ3v) is 2.47. The average Bonchev–Trinajstić information content (AvgIpc) is 2.21. The number of unbranched alkanes of at least 4 members (excludes halogenated alkanes) is 1. The van der Waals surface area contributed by atoms with E-state index in [-0.39, 0.29) is 12.5 Å². The van der Waals surface area contributed by atoms with E-state index in [0.717, 1.165) is 5.71 Å². The number of carbonyl (C=O) groups is 2. The minimum Gasteiger partial charge on any atom is -0.481 e. The summed E-state index contributed by atoms with van der Waals surface area (Å²) in [5.74, 6) is -0.802. The molecule has 0 atom stereocenters. The topological polar surface area (TPSA) is 88.4 Å². The highest BCUT2D eigenvalue weighted by Gasteiger charge is 2.31. The highest BCUT2D eigenvalue weighted by atomic mass is 16.6. The van der Waals surface area contributed by atoms with E-state index in [2.05, 4.69) is 5.16 Å². The number of hydrogen-bond donors (Lipinski definition) is 1. The molecule has 7 heteroatoms. The summed E-state index contributed by atoms with van der Waals surface area (Å²) in [7, 11) is 0. The van der Waals surface area contributed by atoms with Crippen LogP contribution in [0, 0.1) is 0 Å². The Kier molecular flexibility index (Phi) is 5.79. The number of hydrogen-bond acceptors (Lipinski definition) is 5. The van der Waals surface area contributed by atoms with Gasteiger partial charge in [0.25, 0.3) is 0 Å². The van der Waals surface area contributed by atoms with E-state index < -0.39 is 11.6 Å². The number of rotatable bonds is 6. The van der Waals surface area contributed by atoms with Gasteiger partial charge in [-0.2, -0.15) is 0 Å². The van der Waals surface area contributed by atoms with Crippen LogP contribution < -0.4 is 0 Å². The molecule has 1 fully saturated rings. The van der Waals surface area contributed by atoms with Crippen LogP contribution in [-0.2, 0) is 14.4 Å². The van der Waals surface area contributed by atoms with Crippen molar-refractivity contribution in [2.45, 2.75) is 45.6 Å². The molecule has 1 saturated heterocycles. The van der Waals surface area contributed by atoms with E-state index >= 15 is 0 Å². The van der Waals surface area contributed by atoms with Crippen LogP contribution in [0.5, 0.6) is 0 Å². The molecule has 0 radical (unpaired) electrons. The first-order valence-electron chi connectivity index (χ1n) is 6.65. The summed E-state index contributed by atoms with van der Waals surface area (Å²) in [5.41, 5.74) is 0.291. The number of carboxylic acid groups (broad SMARTS) is 1. The molecular weight excluding hydrogens is 264 g/mol. The SMILES string of the molecule is CC(C)(C)OC(=O)N1CC(=NOCCCCC(=O)O)C1. The summed E-state index contributed by atoms with van der Waals surface area (Å²) in [6.45, 7) is 6.69. The van der Waals surface area contributed by atoms with Gasteiger partial charge in [0.1, 0.15) is 12.2 Å². The Hall–Kier alpha value is -1.79. The lowest BCUT2D eigenvalue weighted by Gasteiger charge is -2.33. The number of oxime groups is 1. The van der Waals surface area contributed by atoms with Crippen molar-refractivity contribution in [3.8, 4) is 0 Å². The van der Waals surface area contributed by atoms with Gasteiger partial charge in [-0.15, -0.1) is 0 Å². The van der Waals surface area contributed by atoms with E-state index in [4.69, 9.17) is 14.7 Å². The lowest BCUT2D eigenvalue weighted by molar-refractivity contribution is -0.137. The normalized spacial score (nSPS) is 14.6. The number of carbonyl (C=O) groups excluding carboxylic acids is 1. The first-order chi connectivity index (χ1) is 9.28. The minimum atomic E-state index is -0.802. The lowest BCUT2D eigenvalue weighted by atomic mass is 10.2. The Balaban J connectivity index is 2.10. The second-order valence-electron chi connectivity index (χ2n) is 5.68. The highest BCUT2D eigenvalue weighted by Crippen LogP contribution is 2.13. The van der Waals surface area contributed by atoms with Gasteiger partial charge in [-0.3, -0.25) is 9.69 Å². The van der Waals surface area contributed by atoms with Gasteiger partial charge in [0.05, 0.1) is 18.8 Å². The van der Waals surface area contributed by atoms with Gasteiger partial charge >= 0.3 is 12.1 Å². The third kappa shape index (κ3) is 6.40. The minimum absolute atomic E-state index is 0.145. The Morgan fingerprint density at radius 2 is 1.95 bits per heavy atom. The summed E-state index contributed by atoms with van der Waals surface area (Å²) in [4.78, 5) is 28.5. The zero-order valence-corrected chi connectivity index (χ0v) is 12.2. The Morgan fingerprint density at radius 1 is 1.30 bits per heavy atom. The number of aliphatic carboxylic acids is 1. The van der Waals surface area contributed by atoms with Crippen LogP contribution in [0.1, 0.15) is 40.0 Å². The average molecular weight is 286 g/mol. The molecule has 0 bridgehead atoms. The Labute approximate surface area is 118 Å². The van der Waals surface area contributed by atoms with Crippen molar-refractivity contribution in [1.29, 1.82) is 0 Å². The fourth-order valence-corrected chi connectivity index (χ4v) is 1.49. The van der Waals surface area contributed by atoms with Gasteiger partial charge in [0.15, 0.2) is 0 Å². The summed E-state index contributed by atoms with van der Waals surface area (Å²) >= 11 is 0. The van der Waals surface area contributed by atoms with Crippen LogP contribution in [0.15, 0.2) is 5.16 Å². The van der Waals surface area contributed by atoms with Gasteiger partial charge < -0.3 is 14.7 Å². The molecule has 1 heterocycles. The molecule has 0 saturated carbocycles. The van der Waals surface area contributed by atoms with Gasteiger partial charge in [-0.1, -0.05) is 5.16 Å².